The monoisotopic (exact) mass is 471 g/mol. The van der Waals surface area contributed by atoms with E-state index in [4.69, 9.17) is 25.6 Å². The smallest absolute Gasteiger partial charge is 0.274 e. The molecular formula is C21H15ClFN5O5. The van der Waals surface area contributed by atoms with Crippen LogP contribution in [0.4, 0.5) is 10.1 Å². The van der Waals surface area contributed by atoms with Crippen molar-refractivity contribution in [2.24, 2.45) is 5.10 Å². The number of rotatable bonds is 5. The Kier molecular flexibility index (Phi) is 5.38. The van der Waals surface area contributed by atoms with Gasteiger partial charge in [0.25, 0.3) is 5.89 Å². The number of aromatic nitrogens is 2. The molecule has 3 aromatic rings. The summed E-state index contributed by atoms with van der Waals surface area (Å²) in [6.45, 7) is -0.211. The third-order valence-electron chi connectivity index (χ3n) is 4.91. The van der Waals surface area contributed by atoms with Crippen molar-refractivity contribution >= 4 is 34.8 Å². The lowest BCUT2D eigenvalue weighted by atomic mass is 10.1. The summed E-state index contributed by atoms with van der Waals surface area (Å²) in [5.74, 6) is 0.257. The van der Waals surface area contributed by atoms with E-state index in [0.29, 0.717) is 28.6 Å². The lowest BCUT2D eigenvalue weighted by Crippen LogP contribution is -2.38. The lowest BCUT2D eigenvalue weighted by molar-refractivity contribution is -0.135. The highest BCUT2D eigenvalue weighted by atomic mass is 35.5. The van der Waals surface area contributed by atoms with Gasteiger partial charge in [0.15, 0.2) is 11.5 Å². The molecule has 0 aliphatic carbocycles. The molecule has 0 radical (unpaired) electrons. The van der Waals surface area contributed by atoms with Crippen LogP contribution in [-0.4, -0.2) is 46.0 Å². The third-order valence-corrected chi connectivity index (χ3v) is 5.22. The van der Waals surface area contributed by atoms with Crippen LogP contribution in [0.3, 0.4) is 0 Å². The van der Waals surface area contributed by atoms with Gasteiger partial charge in [-0.2, -0.15) is 10.1 Å². The van der Waals surface area contributed by atoms with Crippen molar-refractivity contribution < 1.29 is 28.0 Å². The number of benzene rings is 2. The molecule has 2 aliphatic rings. The van der Waals surface area contributed by atoms with E-state index >= 15 is 0 Å². The summed E-state index contributed by atoms with van der Waals surface area (Å²) in [5, 5.41) is 11.8. The van der Waals surface area contributed by atoms with Gasteiger partial charge < -0.3 is 19.3 Å². The van der Waals surface area contributed by atoms with E-state index in [-0.39, 0.29) is 48.7 Å². The van der Waals surface area contributed by atoms with Crippen molar-refractivity contribution in [3.63, 3.8) is 0 Å². The summed E-state index contributed by atoms with van der Waals surface area (Å²) in [4.78, 5) is 29.0. The van der Waals surface area contributed by atoms with E-state index in [2.05, 4.69) is 20.6 Å². The first-order valence-corrected chi connectivity index (χ1v) is 10.2. The molecule has 0 unspecified atom stereocenters. The number of hydrogen-bond donors (Lipinski definition) is 1. The van der Waals surface area contributed by atoms with Gasteiger partial charge in [0.05, 0.1) is 10.7 Å². The van der Waals surface area contributed by atoms with E-state index in [1.807, 2.05) is 0 Å². The molecule has 2 aromatic carbocycles. The van der Waals surface area contributed by atoms with Gasteiger partial charge >= 0.3 is 0 Å². The predicted molar refractivity (Wildman–Crippen MR) is 113 cm³/mol. The topological polar surface area (TPSA) is 119 Å². The SMILES string of the molecule is O=C(CN1N=C(c2nc(-c3ccc4c(c3)OCO4)no2)CCC1=O)Nc1ccc(F)cc1Cl. The summed E-state index contributed by atoms with van der Waals surface area (Å²) in [6, 6.07) is 8.83. The van der Waals surface area contributed by atoms with Crippen LogP contribution in [0.1, 0.15) is 18.7 Å². The van der Waals surface area contributed by atoms with Gasteiger partial charge in [-0.15, -0.1) is 0 Å². The van der Waals surface area contributed by atoms with Crippen LogP contribution in [-0.2, 0) is 9.59 Å². The standard InChI is InChI=1S/C21H15ClFN5O5/c22-13-8-12(23)2-3-14(13)24-18(29)9-28-19(30)6-4-15(26-28)21-25-20(27-33-21)11-1-5-16-17(7-11)32-10-31-16/h1-3,5,7-8H,4,6,9-10H2,(H,24,29). The molecule has 0 spiro atoms. The molecule has 3 heterocycles. The molecule has 5 rings (SSSR count). The number of hydrogen-bond acceptors (Lipinski definition) is 8. The van der Waals surface area contributed by atoms with Crippen molar-refractivity contribution in [1.82, 2.24) is 15.1 Å². The third kappa shape index (κ3) is 4.35. The first kappa shape index (κ1) is 20.9. The largest absolute Gasteiger partial charge is 0.454 e. The number of nitrogens with zero attached hydrogens (tertiary/aromatic N) is 4. The summed E-state index contributed by atoms with van der Waals surface area (Å²) >= 11 is 5.93. The molecule has 0 saturated heterocycles. The van der Waals surface area contributed by atoms with E-state index in [1.54, 1.807) is 18.2 Å². The van der Waals surface area contributed by atoms with Gasteiger partial charge in [-0.25, -0.2) is 9.40 Å². The van der Waals surface area contributed by atoms with E-state index in [1.165, 1.54) is 6.07 Å². The fourth-order valence-electron chi connectivity index (χ4n) is 3.29. The van der Waals surface area contributed by atoms with E-state index in [0.717, 1.165) is 17.1 Å². The molecule has 12 heteroatoms. The molecule has 33 heavy (non-hydrogen) atoms. The van der Waals surface area contributed by atoms with Crippen molar-refractivity contribution in [2.75, 3.05) is 18.7 Å². The highest BCUT2D eigenvalue weighted by Gasteiger charge is 2.27. The Morgan fingerprint density at radius 1 is 1.15 bits per heavy atom. The first-order chi connectivity index (χ1) is 16.0. The number of halogens is 2. The van der Waals surface area contributed by atoms with Gasteiger partial charge in [-0.1, -0.05) is 16.8 Å². The van der Waals surface area contributed by atoms with Gasteiger partial charge in [-0.3, -0.25) is 9.59 Å². The highest BCUT2D eigenvalue weighted by molar-refractivity contribution is 6.33. The highest BCUT2D eigenvalue weighted by Crippen LogP contribution is 2.35. The van der Waals surface area contributed by atoms with E-state index < -0.39 is 11.7 Å². The van der Waals surface area contributed by atoms with Crippen LogP contribution in [0.5, 0.6) is 11.5 Å². The van der Waals surface area contributed by atoms with Crippen LogP contribution in [0.2, 0.25) is 5.02 Å². The molecule has 2 aliphatic heterocycles. The quantitative estimate of drug-likeness (QED) is 0.606. The second-order valence-corrected chi connectivity index (χ2v) is 7.57. The molecule has 2 amide bonds. The second-order valence-electron chi connectivity index (χ2n) is 7.16. The number of amides is 2. The Bertz CT molecular complexity index is 1290. The maximum Gasteiger partial charge on any atom is 0.274 e. The molecule has 0 fully saturated rings. The lowest BCUT2D eigenvalue weighted by Gasteiger charge is -2.21. The number of ether oxygens (including phenoxy) is 2. The van der Waals surface area contributed by atoms with Crippen LogP contribution >= 0.6 is 11.6 Å². The summed E-state index contributed by atoms with van der Waals surface area (Å²) in [5.41, 5.74) is 1.26. The number of fused-ring (bicyclic) bond motifs is 1. The average molecular weight is 472 g/mol. The van der Waals surface area contributed by atoms with Gasteiger partial charge in [0, 0.05) is 18.4 Å². The van der Waals surface area contributed by atoms with Crippen molar-refractivity contribution in [3.8, 4) is 22.9 Å². The Labute approximate surface area is 190 Å². The van der Waals surface area contributed by atoms with Gasteiger partial charge in [0.2, 0.25) is 24.4 Å². The second kappa shape index (κ2) is 8.51. The zero-order valence-corrected chi connectivity index (χ0v) is 17.6. The molecular weight excluding hydrogens is 457 g/mol. The fraction of sp³-hybridized carbons (Fsp3) is 0.190. The Morgan fingerprint density at radius 3 is 2.85 bits per heavy atom. The van der Waals surface area contributed by atoms with Crippen LogP contribution in [0, 0.1) is 5.82 Å². The van der Waals surface area contributed by atoms with Crippen LogP contribution in [0.25, 0.3) is 11.4 Å². The van der Waals surface area contributed by atoms with Gasteiger partial charge in [-0.05, 0) is 36.4 Å². The number of carbonyl (C=O) groups is 2. The molecule has 168 valence electrons. The molecule has 1 aromatic heterocycles. The summed E-state index contributed by atoms with van der Waals surface area (Å²) in [7, 11) is 0. The minimum atomic E-state index is -0.548. The molecule has 10 nitrogen and oxygen atoms in total. The average Bonchev–Trinajstić information content (AvgIpc) is 3.46. The maximum absolute atomic E-state index is 13.2. The number of nitrogens with one attached hydrogen (secondary N) is 1. The summed E-state index contributed by atoms with van der Waals surface area (Å²) in [6.07, 6.45) is 0.397. The zero-order valence-electron chi connectivity index (χ0n) is 16.9. The minimum absolute atomic E-state index is 0.0411. The Morgan fingerprint density at radius 2 is 2.00 bits per heavy atom. The Hall–Kier alpha value is -3.99. The molecule has 0 saturated carbocycles. The first-order valence-electron chi connectivity index (χ1n) is 9.83. The fourth-order valence-corrected chi connectivity index (χ4v) is 3.50. The van der Waals surface area contributed by atoms with E-state index in [9.17, 15) is 14.0 Å². The molecule has 0 bridgehead atoms. The van der Waals surface area contributed by atoms with Crippen molar-refractivity contribution in [3.05, 3.63) is 53.1 Å². The normalized spacial score (nSPS) is 14.9. The summed E-state index contributed by atoms with van der Waals surface area (Å²) < 4.78 is 29.2. The van der Waals surface area contributed by atoms with Crippen LogP contribution < -0.4 is 14.8 Å². The maximum atomic E-state index is 13.2. The predicted octanol–water partition coefficient (Wildman–Crippen LogP) is 3.22. The molecule has 1 N–H and O–H groups in total. The Balaban J connectivity index is 1.31. The number of anilines is 1. The minimum Gasteiger partial charge on any atom is -0.454 e. The van der Waals surface area contributed by atoms with Crippen LogP contribution in [0.15, 0.2) is 46.0 Å². The van der Waals surface area contributed by atoms with Gasteiger partial charge in [0.1, 0.15) is 18.1 Å². The number of carbonyl (C=O) groups excluding carboxylic acids is 2. The number of hydrazone groups is 1. The van der Waals surface area contributed by atoms with Crippen molar-refractivity contribution in [1.29, 1.82) is 0 Å². The molecule has 0 atom stereocenters. The zero-order chi connectivity index (χ0) is 22.9. The van der Waals surface area contributed by atoms with Crippen molar-refractivity contribution in [2.45, 2.75) is 12.8 Å².